The fourth-order valence-corrected chi connectivity index (χ4v) is 6.83. The van der Waals surface area contributed by atoms with Crippen molar-refractivity contribution in [1.29, 1.82) is 0 Å². The van der Waals surface area contributed by atoms with Gasteiger partial charge >= 0.3 is 0 Å². The highest BCUT2D eigenvalue weighted by Gasteiger charge is 2.53. The highest BCUT2D eigenvalue weighted by atomic mass is 32.2. The summed E-state index contributed by atoms with van der Waals surface area (Å²) in [5.74, 6) is 9.95. The molecule has 27 heavy (non-hydrogen) atoms. The SMILES string of the molecule is C[C@@H](NC(=O)CSc1nnc(C(C)(C)C)n1N)C12CC3CC(CC(C3)C1)C2. The van der Waals surface area contributed by atoms with Gasteiger partial charge in [0.15, 0.2) is 5.82 Å². The van der Waals surface area contributed by atoms with Crippen LogP contribution >= 0.6 is 11.8 Å². The number of nitrogens with one attached hydrogen (secondary N) is 1. The molecule has 1 heterocycles. The van der Waals surface area contributed by atoms with Gasteiger partial charge in [-0.3, -0.25) is 4.79 Å². The Balaban J connectivity index is 1.34. The molecule has 1 amide bonds. The average Bonchev–Trinajstić information content (AvgIpc) is 2.92. The van der Waals surface area contributed by atoms with Crippen molar-refractivity contribution in [2.45, 2.75) is 82.8 Å². The molecule has 150 valence electrons. The molecule has 4 aliphatic rings. The molecule has 0 radical (unpaired) electrons. The Morgan fingerprint density at radius 3 is 2.26 bits per heavy atom. The van der Waals surface area contributed by atoms with Crippen LogP contribution in [0.3, 0.4) is 0 Å². The van der Waals surface area contributed by atoms with Gasteiger partial charge in [0.25, 0.3) is 0 Å². The molecule has 0 aromatic carbocycles. The van der Waals surface area contributed by atoms with Crippen molar-refractivity contribution >= 4 is 17.7 Å². The van der Waals surface area contributed by atoms with Crippen molar-refractivity contribution < 1.29 is 4.79 Å². The maximum atomic E-state index is 12.6. The maximum Gasteiger partial charge on any atom is 0.230 e. The van der Waals surface area contributed by atoms with Crippen LogP contribution in [0.4, 0.5) is 0 Å². The van der Waals surface area contributed by atoms with E-state index in [1.807, 2.05) is 0 Å². The van der Waals surface area contributed by atoms with E-state index in [2.05, 4.69) is 43.2 Å². The lowest BCUT2D eigenvalue weighted by Gasteiger charge is -2.59. The topological polar surface area (TPSA) is 85.8 Å². The van der Waals surface area contributed by atoms with E-state index in [0.717, 1.165) is 23.6 Å². The molecule has 1 atom stereocenters. The molecule has 4 aliphatic carbocycles. The second-order valence-corrected chi connectivity index (χ2v) is 11.2. The lowest BCUT2D eigenvalue weighted by molar-refractivity contribution is -0.123. The first-order chi connectivity index (χ1) is 12.7. The number of amides is 1. The molecule has 4 bridgehead atoms. The number of hydrogen-bond acceptors (Lipinski definition) is 5. The molecule has 3 N–H and O–H groups in total. The standard InChI is InChI=1S/C20H33N5OS/c1-12(20-8-13-5-14(9-20)7-15(6-13)10-20)22-16(26)11-27-18-24-23-17(25(18)21)19(2,3)4/h12-15H,5-11,21H2,1-4H3,(H,22,26)/t12-,13?,14?,15?,20?/m1/s1. The van der Waals surface area contributed by atoms with Crippen LogP contribution in [0.2, 0.25) is 0 Å². The van der Waals surface area contributed by atoms with Crippen molar-refractivity contribution in [3.63, 3.8) is 0 Å². The minimum atomic E-state index is -0.171. The molecular formula is C20H33N5OS. The second kappa shape index (κ2) is 6.68. The van der Waals surface area contributed by atoms with Gasteiger partial charge in [-0.1, -0.05) is 32.5 Å². The zero-order valence-electron chi connectivity index (χ0n) is 17.0. The lowest BCUT2D eigenvalue weighted by atomic mass is 9.48. The van der Waals surface area contributed by atoms with Gasteiger partial charge < -0.3 is 11.2 Å². The van der Waals surface area contributed by atoms with E-state index in [-0.39, 0.29) is 17.4 Å². The van der Waals surface area contributed by atoms with Gasteiger partial charge in [0.2, 0.25) is 11.1 Å². The Morgan fingerprint density at radius 1 is 1.22 bits per heavy atom. The summed E-state index contributed by atoms with van der Waals surface area (Å²) in [6.07, 6.45) is 8.20. The number of nitrogens with zero attached hydrogens (tertiary/aromatic N) is 3. The van der Waals surface area contributed by atoms with E-state index in [9.17, 15) is 4.79 Å². The van der Waals surface area contributed by atoms with Crippen LogP contribution in [0.1, 0.15) is 72.0 Å². The number of nitrogen functional groups attached to an aromatic ring is 1. The van der Waals surface area contributed by atoms with Crippen LogP contribution in [-0.2, 0) is 10.2 Å². The summed E-state index contributed by atoms with van der Waals surface area (Å²) in [4.78, 5) is 12.6. The van der Waals surface area contributed by atoms with Gasteiger partial charge in [-0.25, -0.2) is 4.68 Å². The van der Waals surface area contributed by atoms with Gasteiger partial charge in [0.1, 0.15) is 0 Å². The third-order valence-electron chi connectivity index (χ3n) is 7.05. The Labute approximate surface area is 166 Å². The van der Waals surface area contributed by atoms with Gasteiger partial charge in [0.05, 0.1) is 5.75 Å². The van der Waals surface area contributed by atoms with Gasteiger partial charge in [-0.05, 0) is 68.6 Å². The highest BCUT2D eigenvalue weighted by Crippen LogP contribution is 2.61. The molecule has 0 unspecified atom stereocenters. The number of thioether (sulfide) groups is 1. The fourth-order valence-electron chi connectivity index (χ4n) is 6.16. The maximum absolute atomic E-state index is 12.6. The van der Waals surface area contributed by atoms with Crippen molar-refractivity contribution in [2.24, 2.45) is 23.2 Å². The first kappa shape index (κ1) is 19.1. The van der Waals surface area contributed by atoms with Gasteiger partial charge in [-0.15, -0.1) is 10.2 Å². The van der Waals surface area contributed by atoms with Gasteiger partial charge in [-0.2, -0.15) is 0 Å². The Morgan fingerprint density at radius 2 is 1.78 bits per heavy atom. The molecule has 0 saturated heterocycles. The van der Waals surface area contributed by atoms with Crippen molar-refractivity contribution in [3.8, 4) is 0 Å². The van der Waals surface area contributed by atoms with Crippen molar-refractivity contribution in [3.05, 3.63) is 5.82 Å². The first-order valence-corrected chi connectivity index (χ1v) is 11.3. The first-order valence-electron chi connectivity index (χ1n) is 10.3. The van der Waals surface area contributed by atoms with Crippen LogP contribution in [0.15, 0.2) is 5.16 Å². The second-order valence-electron chi connectivity index (χ2n) is 10.3. The number of carbonyl (C=O) groups excluding carboxylic acids is 1. The van der Waals surface area contributed by atoms with E-state index in [1.54, 1.807) is 0 Å². The number of aromatic nitrogens is 3. The third kappa shape index (κ3) is 3.59. The summed E-state index contributed by atoms with van der Waals surface area (Å²) in [6.45, 7) is 8.37. The Hall–Kier alpha value is -1.24. The zero-order valence-corrected chi connectivity index (χ0v) is 17.8. The molecule has 0 aliphatic heterocycles. The van der Waals surface area contributed by atoms with Gasteiger partial charge in [0, 0.05) is 11.5 Å². The van der Waals surface area contributed by atoms with Crippen LogP contribution in [0, 0.1) is 23.2 Å². The van der Waals surface area contributed by atoms with E-state index >= 15 is 0 Å². The van der Waals surface area contributed by atoms with E-state index in [1.165, 1.54) is 55.0 Å². The molecule has 6 nitrogen and oxygen atoms in total. The summed E-state index contributed by atoms with van der Waals surface area (Å²) >= 11 is 1.36. The molecular weight excluding hydrogens is 358 g/mol. The van der Waals surface area contributed by atoms with Crippen molar-refractivity contribution in [2.75, 3.05) is 11.6 Å². The molecule has 0 spiro atoms. The minimum absolute atomic E-state index is 0.0727. The van der Waals surface area contributed by atoms with Crippen LogP contribution in [-0.4, -0.2) is 32.6 Å². The fraction of sp³-hybridized carbons (Fsp3) is 0.850. The summed E-state index contributed by atoms with van der Waals surface area (Å²) in [6, 6.07) is 0.250. The summed E-state index contributed by atoms with van der Waals surface area (Å²) < 4.78 is 1.51. The monoisotopic (exact) mass is 391 g/mol. The molecule has 5 rings (SSSR count). The summed E-state index contributed by atoms with van der Waals surface area (Å²) in [7, 11) is 0. The number of carbonyl (C=O) groups is 1. The molecule has 7 heteroatoms. The minimum Gasteiger partial charge on any atom is -0.352 e. The Bertz CT molecular complexity index is 687. The third-order valence-corrected chi connectivity index (χ3v) is 7.99. The lowest BCUT2D eigenvalue weighted by Crippen LogP contribution is -2.56. The zero-order chi connectivity index (χ0) is 19.4. The van der Waals surface area contributed by atoms with Crippen LogP contribution in [0.5, 0.6) is 0 Å². The number of hydrogen-bond donors (Lipinski definition) is 2. The molecule has 4 saturated carbocycles. The number of nitrogens with two attached hydrogens (primary N) is 1. The van der Waals surface area contributed by atoms with E-state index in [4.69, 9.17) is 5.84 Å². The van der Waals surface area contributed by atoms with E-state index in [0.29, 0.717) is 16.3 Å². The normalized spacial score (nSPS) is 33.3. The Kier molecular flexibility index (Phi) is 4.72. The molecule has 1 aromatic heterocycles. The quantitative estimate of drug-likeness (QED) is 0.595. The van der Waals surface area contributed by atoms with Crippen molar-refractivity contribution in [1.82, 2.24) is 20.2 Å². The van der Waals surface area contributed by atoms with Crippen LogP contribution in [0.25, 0.3) is 0 Å². The smallest absolute Gasteiger partial charge is 0.230 e. The average molecular weight is 392 g/mol. The predicted molar refractivity (Wildman–Crippen MR) is 108 cm³/mol. The summed E-state index contributed by atoms with van der Waals surface area (Å²) in [5.41, 5.74) is 0.165. The highest BCUT2D eigenvalue weighted by molar-refractivity contribution is 7.99. The largest absolute Gasteiger partial charge is 0.352 e. The van der Waals surface area contributed by atoms with E-state index < -0.39 is 0 Å². The molecule has 1 aromatic rings. The molecule has 4 fully saturated rings. The predicted octanol–water partition coefficient (Wildman–Crippen LogP) is 3.10. The summed E-state index contributed by atoms with van der Waals surface area (Å²) in [5, 5.41) is 12.2. The van der Waals surface area contributed by atoms with Crippen LogP contribution < -0.4 is 11.2 Å². The number of rotatable bonds is 5.